The molecule has 1 N–H and O–H groups in total. The minimum absolute atomic E-state index is 0.0805. The lowest BCUT2D eigenvalue weighted by Crippen LogP contribution is -2.24. The molecule has 0 heterocycles. The Morgan fingerprint density at radius 2 is 1.56 bits per heavy atom. The highest BCUT2D eigenvalue weighted by Crippen LogP contribution is 2.27. The highest BCUT2D eigenvalue weighted by atomic mass is 16.5. The van der Waals surface area contributed by atoms with Crippen molar-refractivity contribution in [1.29, 1.82) is 0 Å². The molecule has 0 spiro atoms. The maximum Gasteiger partial charge on any atom is 0.277 e. The molecule has 4 rings (SSSR count). The van der Waals surface area contributed by atoms with Gasteiger partial charge in [-0.1, -0.05) is 80.4 Å². The van der Waals surface area contributed by atoms with Crippen LogP contribution in [0, 0.1) is 0 Å². The number of hydrogen-bond acceptors (Lipinski definition) is 3. The van der Waals surface area contributed by atoms with Crippen molar-refractivity contribution in [3.63, 3.8) is 0 Å². The van der Waals surface area contributed by atoms with Crippen molar-refractivity contribution in [2.75, 3.05) is 6.61 Å². The molecule has 0 aromatic heterocycles. The van der Waals surface area contributed by atoms with Crippen LogP contribution in [0.5, 0.6) is 5.75 Å². The van der Waals surface area contributed by atoms with Gasteiger partial charge in [-0.2, -0.15) is 5.10 Å². The lowest BCUT2D eigenvalue weighted by molar-refractivity contribution is -0.123. The van der Waals surface area contributed by atoms with Gasteiger partial charge in [-0.25, -0.2) is 5.43 Å². The SMILES string of the molecule is CCCCCc1ccc(OCC(=O)N/N=C/c2c3ccccc3cc3ccccc23)cc1. The highest BCUT2D eigenvalue weighted by Gasteiger charge is 2.06. The molecule has 32 heavy (non-hydrogen) atoms. The van der Waals surface area contributed by atoms with Gasteiger partial charge >= 0.3 is 0 Å². The minimum atomic E-state index is -0.294. The van der Waals surface area contributed by atoms with E-state index in [1.54, 1.807) is 6.21 Å². The summed E-state index contributed by atoms with van der Waals surface area (Å²) >= 11 is 0. The Balaban J connectivity index is 1.38. The van der Waals surface area contributed by atoms with E-state index >= 15 is 0 Å². The number of ether oxygens (including phenoxy) is 1. The van der Waals surface area contributed by atoms with Gasteiger partial charge in [-0.05, 0) is 58.1 Å². The highest BCUT2D eigenvalue weighted by molar-refractivity contribution is 6.13. The molecule has 0 atom stereocenters. The quantitative estimate of drug-likeness (QED) is 0.149. The first-order valence-corrected chi connectivity index (χ1v) is 11.2. The van der Waals surface area contributed by atoms with E-state index in [2.05, 4.69) is 59.9 Å². The van der Waals surface area contributed by atoms with Crippen LogP contribution in [0.2, 0.25) is 0 Å². The molecule has 4 nitrogen and oxygen atoms in total. The third kappa shape index (κ3) is 5.33. The number of rotatable bonds is 9. The first kappa shape index (κ1) is 21.6. The molecule has 0 bridgehead atoms. The van der Waals surface area contributed by atoms with Crippen molar-refractivity contribution in [1.82, 2.24) is 5.43 Å². The maximum absolute atomic E-state index is 12.2. The van der Waals surface area contributed by atoms with Crippen LogP contribution in [0.4, 0.5) is 0 Å². The molecule has 0 saturated heterocycles. The van der Waals surface area contributed by atoms with E-state index in [1.165, 1.54) is 24.8 Å². The first-order chi connectivity index (χ1) is 15.7. The van der Waals surface area contributed by atoms with Gasteiger partial charge in [0, 0.05) is 5.56 Å². The Morgan fingerprint density at radius 1 is 0.906 bits per heavy atom. The minimum Gasteiger partial charge on any atom is -0.484 e. The fourth-order valence-electron chi connectivity index (χ4n) is 3.87. The van der Waals surface area contributed by atoms with Crippen LogP contribution in [0.3, 0.4) is 0 Å². The number of amides is 1. The molecule has 162 valence electrons. The zero-order chi connectivity index (χ0) is 22.2. The summed E-state index contributed by atoms with van der Waals surface area (Å²) in [7, 11) is 0. The summed E-state index contributed by atoms with van der Waals surface area (Å²) in [6.45, 7) is 2.12. The third-order valence-corrected chi connectivity index (χ3v) is 5.56. The molecular formula is C28H28N2O2. The smallest absolute Gasteiger partial charge is 0.277 e. The fourth-order valence-corrected chi connectivity index (χ4v) is 3.87. The second kappa shape index (κ2) is 10.6. The average Bonchev–Trinajstić information content (AvgIpc) is 2.83. The lowest BCUT2D eigenvalue weighted by atomic mass is 9.97. The molecule has 0 radical (unpaired) electrons. The maximum atomic E-state index is 12.2. The lowest BCUT2D eigenvalue weighted by Gasteiger charge is -2.08. The summed E-state index contributed by atoms with van der Waals surface area (Å²) in [5.41, 5.74) is 4.86. The Kier molecular flexibility index (Phi) is 7.13. The second-order valence-corrected chi connectivity index (χ2v) is 7.92. The van der Waals surface area contributed by atoms with E-state index in [0.29, 0.717) is 5.75 Å². The van der Waals surface area contributed by atoms with Gasteiger partial charge in [-0.15, -0.1) is 0 Å². The van der Waals surface area contributed by atoms with Gasteiger partial charge in [0.2, 0.25) is 0 Å². The van der Waals surface area contributed by atoms with E-state index in [-0.39, 0.29) is 12.5 Å². The zero-order valence-electron chi connectivity index (χ0n) is 18.4. The largest absolute Gasteiger partial charge is 0.484 e. The van der Waals surface area contributed by atoms with Gasteiger partial charge in [0.05, 0.1) is 6.21 Å². The van der Waals surface area contributed by atoms with Gasteiger partial charge in [-0.3, -0.25) is 4.79 Å². The molecule has 0 saturated carbocycles. The number of hydrazone groups is 1. The van der Waals surface area contributed by atoms with E-state index in [4.69, 9.17) is 4.74 Å². The van der Waals surface area contributed by atoms with Crippen molar-refractivity contribution in [2.45, 2.75) is 32.6 Å². The van der Waals surface area contributed by atoms with Gasteiger partial charge < -0.3 is 4.74 Å². The van der Waals surface area contributed by atoms with Gasteiger partial charge in [0.1, 0.15) is 5.75 Å². The number of nitrogens with one attached hydrogen (secondary N) is 1. The number of nitrogens with zero attached hydrogens (tertiary/aromatic N) is 1. The molecule has 0 fully saturated rings. The molecule has 4 aromatic carbocycles. The molecule has 0 unspecified atom stereocenters. The van der Waals surface area contributed by atoms with E-state index in [0.717, 1.165) is 33.5 Å². The number of unbranched alkanes of at least 4 members (excludes halogenated alkanes) is 2. The summed E-state index contributed by atoms with van der Waals surface area (Å²) in [6.07, 6.45) is 6.45. The van der Waals surface area contributed by atoms with Crippen LogP contribution >= 0.6 is 0 Å². The van der Waals surface area contributed by atoms with Crippen molar-refractivity contribution in [3.8, 4) is 5.75 Å². The van der Waals surface area contributed by atoms with Crippen LogP contribution in [-0.4, -0.2) is 18.7 Å². The van der Waals surface area contributed by atoms with Crippen LogP contribution in [-0.2, 0) is 11.2 Å². The van der Waals surface area contributed by atoms with Crippen molar-refractivity contribution in [3.05, 3.63) is 90.0 Å². The summed E-state index contributed by atoms with van der Waals surface area (Å²) in [5, 5.41) is 8.68. The molecule has 4 aromatic rings. The molecule has 0 aliphatic rings. The van der Waals surface area contributed by atoms with E-state index in [9.17, 15) is 4.79 Å². The number of hydrogen-bond donors (Lipinski definition) is 1. The fraction of sp³-hybridized carbons (Fsp3) is 0.214. The van der Waals surface area contributed by atoms with Crippen molar-refractivity contribution < 1.29 is 9.53 Å². The van der Waals surface area contributed by atoms with Gasteiger partial charge in [0.25, 0.3) is 5.91 Å². The first-order valence-electron chi connectivity index (χ1n) is 11.2. The predicted octanol–water partition coefficient (Wildman–Crippen LogP) is 6.25. The standard InChI is InChI=1S/C28H28N2O2/c1-2-3-4-9-21-14-16-24(17-15-21)32-20-28(31)30-29-19-27-25-12-7-5-10-22(25)18-23-11-6-8-13-26(23)27/h5-8,10-19H,2-4,9,20H2,1H3,(H,30,31)/b29-19+. The van der Waals surface area contributed by atoms with E-state index in [1.807, 2.05) is 36.4 Å². The monoisotopic (exact) mass is 424 g/mol. The third-order valence-electron chi connectivity index (χ3n) is 5.56. The average molecular weight is 425 g/mol. The van der Waals surface area contributed by atoms with Crippen LogP contribution < -0.4 is 10.2 Å². The number of carbonyl (C=O) groups excluding carboxylic acids is 1. The number of carbonyl (C=O) groups is 1. The van der Waals surface area contributed by atoms with Crippen LogP contribution in [0.25, 0.3) is 21.5 Å². The van der Waals surface area contributed by atoms with E-state index < -0.39 is 0 Å². The molecule has 0 aliphatic carbocycles. The Bertz CT molecular complexity index is 1180. The number of benzene rings is 4. The van der Waals surface area contributed by atoms with Gasteiger partial charge in [0.15, 0.2) is 6.61 Å². The predicted molar refractivity (Wildman–Crippen MR) is 132 cm³/mol. The van der Waals surface area contributed by atoms with Crippen molar-refractivity contribution >= 4 is 33.7 Å². The normalized spacial score (nSPS) is 11.3. The Hall–Kier alpha value is -3.66. The summed E-state index contributed by atoms with van der Waals surface area (Å²) in [5.74, 6) is 0.390. The molecule has 0 aliphatic heterocycles. The molecule has 1 amide bonds. The number of aryl methyl sites for hydroxylation is 1. The zero-order valence-corrected chi connectivity index (χ0v) is 18.4. The second-order valence-electron chi connectivity index (χ2n) is 7.92. The van der Waals surface area contributed by atoms with Crippen molar-refractivity contribution in [2.24, 2.45) is 5.10 Å². The summed E-state index contributed by atoms with van der Waals surface area (Å²) < 4.78 is 5.61. The van der Waals surface area contributed by atoms with Crippen LogP contribution in [0.1, 0.15) is 37.3 Å². The molecular weight excluding hydrogens is 396 g/mol. The summed E-state index contributed by atoms with van der Waals surface area (Å²) in [4.78, 5) is 12.2. The van der Waals surface area contributed by atoms with Crippen LogP contribution in [0.15, 0.2) is 84.0 Å². The topological polar surface area (TPSA) is 50.7 Å². The Morgan fingerprint density at radius 3 is 2.22 bits per heavy atom. The summed E-state index contributed by atoms with van der Waals surface area (Å²) in [6, 6.07) is 26.5. The Labute approximate surface area is 188 Å². The number of fused-ring (bicyclic) bond motifs is 2. The molecule has 4 heteroatoms.